The number of aliphatic hydroxyl groups excluding tert-OH is 1. The number of phenolic OH excluding ortho intramolecular Hbond substituents is 2. The first-order valence-electron chi connectivity index (χ1n) is 39.2. The number of hydrogen-bond donors (Lipinski definition) is 28. The molecule has 0 radical (unpaired) electrons. The number of rotatable bonds is 53. The van der Waals surface area contributed by atoms with Gasteiger partial charge in [-0.15, -0.1) is 0 Å². The molecule has 3 rings (SSSR count). The van der Waals surface area contributed by atoms with Crippen LogP contribution in [0.1, 0.15) is 153 Å². The quantitative estimate of drug-likeness (QED) is 0.0142. The topological polar surface area (TPSA) is 751 Å². The van der Waals surface area contributed by atoms with Gasteiger partial charge in [-0.25, -0.2) is 0 Å². The highest BCUT2D eigenvalue weighted by Crippen LogP contribution is 2.18. The molecule has 0 unspecified atom stereocenters. The number of hydrogen-bond acceptors (Lipinski definition) is 22. The van der Waals surface area contributed by atoms with Crippen LogP contribution >= 0.6 is 0 Å². The molecule has 662 valence electrons. The molecule has 120 heavy (non-hydrogen) atoms. The molecule has 43 heteroatoms. The summed E-state index contributed by atoms with van der Waals surface area (Å²) >= 11 is 0. The van der Waals surface area contributed by atoms with Gasteiger partial charge in [0.25, 0.3) is 5.91 Å². The highest BCUT2D eigenvalue weighted by molar-refractivity contribution is 6.02. The van der Waals surface area contributed by atoms with Gasteiger partial charge >= 0.3 is 0 Å². The number of nitrogens with one attached hydrogen (secondary N) is 18. The van der Waals surface area contributed by atoms with E-state index in [0.29, 0.717) is 11.1 Å². The molecule has 0 fully saturated rings. The summed E-state index contributed by atoms with van der Waals surface area (Å²) in [7, 11) is 0. The van der Waals surface area contributed by atoms with E-state index in [1.165, 1.54) is 81.4 Å². The fraction of sp³-hybridized carbons (Fsp3) is 0.532. The highest BCUT2D eigenvalue weighted by atomic mass is 16.3. The van der Waals surface area contributed by atoms with Gasteiger partial charge in [-0.05, 0) is 136 Å². The van der Waals surface area contributed by atoms with Crippen molar-refractivity contribution in [2.45, 2.75) is 224 Å². The number of primary amides is 3. The van der Waals surface area contributed by atoms with Crippen LogP contribution in [-0.4, -0.2) is 220 Å². The molecule has 43 nitrogen and oxygen atoms in total. The van der Waals surface area contributed by atoms with Gasteiger partial charge in [0.2, 0.25) is 82.7 Å². The van der Waals surface area contributed by atoms with E-state index < -0.39 is 216 Å². The van der Waals surface area contributed by atoms with Crippen LogP contribution in [0, 0.1) is 34.0 Å². The molecule has 0 heterocycles. The van der Waals surface area contributed by atoms with Gasteiger partial charge in [-0.3, -0.25) is 88.1 Å². The fourth-order valence-electron chi connectivity index (χ4n) is 11.9. The van der Waals surface area contributed by atoms with Crippen LogP contribution in [0.4, 0.5) is 0 Å². The number of aliphatic hydroxyl groups is 1. The van der Waals surface area contributed by atoms with E-state index in [1.807, 2.05) is 0 Å². The van der Waals surface area contributed by atoms with E-state index in [4.69, 9.17) is 56.4 Å². The summed E-state index contributed by atoms with van der Waals surface area (Å²) in [5.41, 5.74) is 40.7. The van der Waals surface area contributed by atoms with E-state index >= 15 is 0 Å². The molecule has 3 aromatic carbocycles. The van der Waals surface area contributed by atoms with Crippen molar-refractivity contribution in [2.75, 3.05) is 19.6 Å². The van der Waals surface area contributed by atoms with E-state index in [2.05, 4.69) is 79.8 Å². The van der Waals surface area contributed by atoms with Crippen LogP contribution in [0.3, 0.4) is 0 Å². The number of phenols is 2. The number of carbonyl (C=O) groups excluding carboxylic acids is 15. The standard InChI is InChI=1S/C77H121N25O18/c1-9-40(6)60(101-71(117)55(35-44-20-26-48(105)27-21-44)97-63(109)41(7)91-65(111)49(13-10-30-88-75(82)83)92-64(110)46-22-16-45(37-78)17-23-46)73(119)99-56(36-58(80)107)69(115)98-54(33-38(2)3)70(116)100-59(39(4)5)72(118)102-61(42(8)103)74(120)95-51(15-12-32-90-77(86)87)66(112)94-52(28-29-57(79)106)68(114)93-50(14-11-31-89-76(84)85)67(113)96-53(62(81)108)34-43-18-24-47(104)25-19-43/h16-27,38-42,49-56,59-61,103-105H,9-15,28-37,78H2,1-8H3,(H2,79,106)(H2,80,107)(H2,81,108)(H,91,111)(H,92,110)(H,93,114)(H,94,112)(H,95,120)(H,96,113)(H,97,109)(H,98,115)(H,99,119)(H,100,116)(H,101,117)(H,102,118)(H4,82,83,88)(H4,84,85,89)(H4,86,87,90)/t40-,41-,42+,49-,50-,51-,52-,53-,54-,55-,56-,59-,60-,61-/m0/s1. The molecule has 0 bridgehead atoms. The zero-order valence-electron chi connectivity index (χ0n) is 68.7. The highest BCUT2D eigenvalue weighted by Gasteiger charge is 2.40. The van der Waals surface area contributed by atoms with Crippen molar-refractivity contribution < 1.29 is 87.2 Å². The third-order valence-electron chi connectivity index (χ3n) is 18.9. The summed E-state index contributed by atoms with van der Waals surface area (Å²) in [6.45, 7) is 12.3. The van der Waals surface area contributed by atoms with Crippen LogP contribution < -0.4 is 120 Å². The number of guanidine groups is 3. The summed E-state index contributed by atoms with van der Waals surface area (Å²) < 4.78 is 0. The Kier molecular flexibility index (Phi) is 43.3. The zero-order valence-corrected chi connectivity index (χ0v) is 68.7. The second-order valence-corrected chi connectivity index (χ2v) is 29.8. The second kappa shape index (κ2) is 51.3. The van der Waals surface area contributed by atoms with Gasteiger partial charge in [0.05, 0.1) is 12.5 Å². The van der Waals surface area contributed by atoms with Gasteiger partial charge in [0.1, 0.15) is 84.0 Å². The summed E-state index contributed by atoms with van der Waals surface area (Å²) in [5, 5.41) is 91.8. The SMILES string of the molecule is CC[C@H](C)[C@H](NC(=O)[C@H](Cc1ccc(O)cc1)NC(=O)[C@H](C)NC(=O)[C@H](CCCNC(=N)N)NC(=O)c1ccc(CN)cc1)C(=O)N[C@@H](CC(N)=O)C(=O)N[C@@H](CC(C)C)C(=O)N[C@H](C(=O)N[C@H](C(=O)N[C@@H](CCCNC(=N)N)C(=O)N[C@@H](CCC(N)=O)C(=O)N[C@@H](CCCNC(=N)N)C(=O)N[C@@H](Cc1ccc(O)cc1)C(N)=O)[C@@H](C)O)C(C)C. The molecule has 3 aromatic rings. The molecule has 0 saturated heterocycles. The van der Waals surface area contributed by atoms with Crippen LogP contribution in [0.25, 0.3) is 0 Å². The Labute approximate surface area is 695 Å². The Balaban J connectivity index is 1.94. The molecular weight excluding hydrogens is 1560 g/mol. The maximum Gasteiger partial charge on any atom is 0.251 e. The van der Waals surface area contributed by atoms with Crippen molar-refractivity contribution in [3.8, 4) is 11.5 Å². The number of benzene rings is 3. The Hall–Kier alpha value is -13.0. The van der Waals surface area contributed by atoms with Crippen molar-refractivity contribution >= 4 is 106 Å². The normalized spacial score (nSPS) is 14.5. The molecule has 0 spiro atoms. The number of carbonyl (C=O) groups is 15. The third-order valence-corrected chi connectivity index (χ3v) is 18.9. The Morgan fingerprint density at radius 2 is 0.742 bits per heavy atom. The van der Waals surface area contributed by atoms with Crippen molar-refractivity contribution in [1.29, 1.82) is 16.2 Å². The first kappa shape index (κ1) is 101. The zero-order chi connectivity index (χ0) is 90.2. The monoisotopic (exact) mass is 1680 g/mol. The van der Waals surface area contributed by atoms with Crippen molar-refractivity contribution in [3.63, 3.8) is 0 Å². The Morgan fingerprint density at radius 3 is 1.17 bits per heavy atom. The van der Waals surface area contributed by atoms with Crippen molar-refractivity contribution in [2.24, 2.45) is 57.9 Å². The molecule has 0 aromatic heterocycles. The molecule has 15 amide bonds. The first-order valence-corrected chi connectivity index (χ1v) is 39.2. The van der Waals surface area contributed by atoms with Gasteiger partial charge in [-0.2, -0.15) is 0 Å². The fourth-order valence-corrected chi connectivity index (χ4v) is 11.9. The molecule has 0 saturated carbocycles. The molecule has 0 aliphatic carbocycles. The molecule has 0 aliphatic heterocycles. The first-order chi connectivity index (χ1) is 56.4. The lowest BCUT2D eigenvalue weighted by molar-refractivity contribution is -0.138. The third kappa shape index (κ3) is 37.1. The summed E-state index contributed by atoms with van der Waals surface area (Å²) in [5.74, 6) is -18.3. The maximum atomic E-state index is 14.7. The number of nitrogens with two attached hydrogens (primary N) is 7. The average molecular weight is 1680 g/mol. The molecule has 0 aliphatic rings. The lowest BCUT2D eigenvalue weighted by atomic mass is 9.96. The van der Waals surface area contributed by atoms with Crippen molar-refractivity contribution in [3.05, 3.63) is 95.1 Å². The Morgan fingerprint density at radius 1 is 0.383 bits per heavy atom. The summed E-state index contributed by atoms with van der Waals surface area (Å²) in [6.07, 6.45) is -4.27. The van der Waals surface area contributed by atoms with E-state index in [0.717, 1.165) is 12.5 Å². The lowest BCUT2D eigenvalue weighted by Gasteiger charge is -2.30. The predicted molar refractivity (Wildman–Crippen MR) is 440 cm³/mol. The van der Waals surface area contributed by atoms with Crippen molar-refractivity contribution in [1.82, 2.24) is 79.8 Å². The molecule has 35 N–H and O–H groups in total. The second-order valence-electron chi connectivity index (χ2n) is 29.8. The predicted octanol–water partition coefficient (Wildman–Crippen LogP) is -5.96. The molecular formula is C77H121N25O18. The number of aromatic hydroxyl groups is 2. The van der Waals surface area contributed by atoms with Gasteiger partial charge < -0.3 is 135 Å². The minimum Gasteiger partial charge on any atom is -0.508 e. The average Bonchev–Trinajstić information content (AvgIpc) is 0.842. The minimum atomic E-state index is -1.93. The minimum absolute atomic E-state index is 0.00752. The van der Waals surface area contributed by atoms with Crippen LogP contribution in [0.15, 0.2) is 72.8 Å². The maximum absolute atomic E-state index is 14.7. The van der Waals surface area contributed by atoms with Gasteiger partial charge in [0, 0.05) is 51.0 Å². The van der Waals surface area contributed by atoms with E-state index in [9.17, 15) is 87.2 Å². The smallest absolute Gasteiger partial charge is 0.251 e. The summed E-state index contributed by atoms with van der Waals surface area (Å²) in [6, 6.07) is -1.32. The van der Waals surface area contributed by atoms with Crippen LogP contribution in [0.5, 0.6) is 11.5 Å². The van der Waals surface area contributed by atoms with E-state index in [1.54, 1.807) is 39.8 Å². The molecule has 14 atom stereocenters. The summed E-state index contributed by atoms with van der Waals surface area (Å²) in [4.78, 5) is 209. The largest absolute Gasteiger partial charge is 0.508 e. The van der Waals surface area contributed by atoms with Gasteiger partial charge in [0.15, 0.2) is 17.9 Å². The lowest BCUT2D eigenvalue weighted by Crippen LogP contribution is -2.63. The number of amides is 15. The van der Waals surface area contributed by atoms with Crippen LogP contribution in [-0.2, 0) is 86.5 Å². The van der Waals surface area contributed by atoms with Gasteiger partial charge in [-0.1, -0.05) is 84.4 Å². The Bertz CT molecular complexity index is 4020. The van der Waals surface area contributed by atoms with E-state index in [-0.39, 0.29) is 113 Å². The van der Waals surface area contributed by atoms with Crippen LogP contribution in [0.2, 0.25) is 0 Å².